The van der Waals surface area contributed by atoms with Crippen molar-refractivity contribution in [1.82, 2.24) is 14.7 Å². The molecule has 0 saturated carbocycles. The maximum absolute atomic E-state index is 16.4. The molecule has 2 aliphatic heterocycles. The van der Waals surface area contributed by atoms with Gasteiger partial charge < -0.3 is 4.74 Å². The topological polar surface area (TPSA) is 59.7 Å². The number of aryl methyl sites for hydroxylation is 2. The second-order valence-corrected chi connectivity index (χ2v) is 12.1. The highest BCUT2D eigenvalue weighted by atomic mass is 19.1. The highest BCUT2D eigenvalue weighted by Crippen LogP contribution is 2.53. The molecule has 0 spiro atoms. The van der Waals surface area contributed by atoms with E-state index < -0.39 is 29.9 Å². The molecule has 0 radical (unpaired) electrons. The maximum atomic E-state index is 16.4. The molecule has 0 N–H and O–H groups in total. The number of fused-ring (bicyclic) bond motifs is 4. The summed E-state index contributed by atoms with van der Waals surface area (Å²) in [6.07, 6.45) is -1.03. The van der Waals surface area contributed by atoms with Crippen LogP contribution in [0.5, 0.6) is 0 Å². The van der Waals surface area contributed by atoms with Crippen LogP contribution in [0.15, 0.2) is 77.8 Å². The molecular weight excluding hydrogens is 534 g/mol. The fourth-order valence-electron chi connectivity index (χ4n) is 6.06. The van der Waals surface area contributed by atoms with E-state index in [4.69, 9.17) is 14.8 Å². The minimum Gasteiger partial charge on any atom is -0.444 e. The Balaban J connectivity index is 1.62. The Kier molecular flexibility index (Phi) is 6.95. The number of carbonyl (C=O) groups is 1. The zero-order valence-corrected chi connectivity index (χ0v) is 24.4. The molecule has 3 unspecified atom stereocenters. The minimum atomic E-state index is -1.53. The number of amides is 1. The number of halogens is 2. The molecular formula is C34H34F2N4O2. The molecule has 6 rings (SSSR count). The van der Waals surface area contributed by atoms with Gasteiger partial charge in [-0.3, -0.25) is 4.90 Å². The van der Waals surface area contributed by atoms with Crippen molar-refractivity contribution in [3.05, 3.63) is 112 Å². The van der Waals surface area contributed by atoms with Crippen LogP contribution in [-0.4, -0.2) is 38.1 Å². The third-order valence-corrected chi connectivity index (χ3v) is 7.87. The molecule has 4 aromatic rings. The molecule has 1 amide bonds. The molecule has 6 nitrogen and oxygen atoms in total. The van der Waals surface area contributed by atoms with Gasteiger partial charge in [0.25, 0.3) is 0 Å². The zero-order valence-electron chi connectivity index (χ0n) is 24.4. The summed E-state index contributed by atoms with van der Waals surface area (Å²) in [6.45, 7) is 8.79. The van der Waals surface area contributed by atoms with E-state index >= 15 is 4.39 Å². The number of benzene rings is 3. The van der Waals surface area contributed by atoms with Gasteiger partial charge in [0.05, 0.1) is 23.5 Å². The van der Waals surface area contributed by atoms with Gasteiger partial charge in [0, 0.05) is 16.7 Å². The van der Waals surface area contributed by atoms with Gasteiger partial charge in [0.2, 0.25) is 0 Å². The molecule has 2 aliphatic rings. The number of nitrogens with zero attached hydrogens (tertiary/aromatic N) is 4. The Labute approximate surface area is 244 Å². The monoisotopic (exact) mass is 568 g/mol. The highest BCUT2D eigenvalue weighted by molar-refractivity contribution is 6.14. The van der Waals surface area contributed by atoms with Gasteiger partial charge in [-0.2, -0.15) is 5.10 Å². The van der Waals surface area contributed by atoms with E-state index in [0.29, 0.717) is 46.7 Å². The van der Waals surface area contributed by atoms with Crippen molar-refractivity contribution in [1.29, 1.82) is 0 Å². The van der Waals surface area contributed by atoms with E-state index in [1.807, 2.05) is 60.7 Å². The third-order valence-electron chi connectivity index (χ3n) is 7.87. The third kappa shape index (κ3) is 4.89. The van der Waals surface area contributed by atoms with Crippen LogP contribution in [0.25, 0.3) is 5.69 Å². The Morgan fingerprint density at radius 1 is 0.952 bits per heavy atom. The van der Waals surface area contributed by atoms with E-state index in [1.165, 1.54) is 4.90 Å². The molecule has 1 aromatic heterocycles. The van der Waals surface area contributed by atoms with Crippen molar-refractivity contribution in [3.63, 3.8) is 0 Å². The zero-order chi connectivity index (χ0) is 29.8. The van der Waals surface area contributed by atoms with Crippen molar-refractivity contribution in [2.75, 3.05) is 0 Å². The first-order chi connectivity index (χ1) is 20.0. The van der Waals surface area contributed by atoms with Crippen LogP contribution < -0.4 is 0 Å². The van der Waals surface area contributed by atoms with E-state index in [2.05, 4.69) is 0 Å². The molecule has 2 bridgehead atoms. The number of aliphatic imine (C=N–C) groups is 1. The molecule has 8 heteroatoms. The van der Waals surface area contributed by atoms with Crippen molar-refractivity contribution in [2.45, 2.75) is 71.3 Å². The second-order valence-electron chi connectivity index (χ2n) is 12.1. The number of rotatable bonds is 4. The number of hydrogen-bond donors (Lipinski definition) is 0. The van der Waals surface area contributed by atoms with Gasteiger partial charge in [0.1, 0.15) is 17.1 Å². The molecule has 3 aromatic carbocycles. The van der Waals surface area contributed by atoms with Crippen LogP contribution >= 0.6 is 0 Å². The molecule has 3 heterocycles. The summed E-state index contributed by atoms with van der Waals surface area (Å²) >= 11 is 0. The van der Waals surface area contributed by atoms with Gasteiger partial charge in [-0.1, -0.05) is 60.7 Å². The Bertz CT molecular complexity index is 1610. The van der Waals surface area contributed by atoms with Gasteiger partial charge in [-0.15, -0.1) is 0 Å². The van der Waals surface area contributed by atoms with Crippen LogP contribution in [0.1, 0.15) is 79.3 Å². The first-order valence-electron chi connectivity index (χ1n) is 14.3. The Morgan fingerprint density at radius 2 is 1.52 bits per heavy atom. The summed E-state index contributed by atoms with van der Waals surface area (Å²) < 4.78 is 38.4. The summed E-state index contributed by atoms with van der Waals surface area (Å²) in [5, 5.41) is 4.80. The fourth-order valence-corrected chi connectivity index (χ4v) is 6.06. The summed E-state index contributed by atoms with van der Waals surface area (Å²) in [4.78, 5) is 20.2. The van der Waals surface area contributed by atoms with Crippen LogP contribution in [0.3, 0.4) is 0 Å². The van der Waals surface area contributed by atoms with Gasteiger partial charge in [-0.25, -0.2) is 23.2 Å². The maximum Gasteiger partial charge on any atom is 0.411 e. The lowest BCUT2D eigenvalue weighted by atomic mass is 9.97. The normalized spacial score (nSPS) is 19.4. The van der Waals surface area contributed by atoms with Crippen LogP contribution in [0.4, 0.5) is 19.4 Å². The SMILES string of the molecule is Cc1cc(-n2nc3c(c2N=C(c2ccccc2)c2ccccc2)C2CCC(C3F)N2C(=O)OC(C)(C)C)cc(C)c1F. The summed E-state index contributed by atoms with van der Waals surface area (Å²) in [7, 11) is 0. The van der Waals surface area contributed by atoms with Gasteiger partial charge >= 0.3 is 6.09 Å². The van der Waals surface area contributed by atoms with Crippen molar-refractivity contribution < 1.29 is 18.3 Å². The first-order valence-corrected chi connectivity index (χ1v) is 14.3. The lowest BCUT2D eigenvalue weighted by molar-refractivity contribution is 0.00113. The average Bonchev–Trinajstić information content (AvgIpc) is 3.53. The standard InChI is InChI=1S/C34H34F2N4O2/c1-20-18-24(19-21(2)28(20)35)40-32(37-30(22-12-8-6-9-13-22)23-14-10-7-11-15-23)27-25-16-17-26(29(36)31(27)38-40)39(25)33(41)42-34(3,4)5/h6-15,18-19,25-26,29H,16-17H2,1-5H3. The van der Waals surface area contributed by atoms with Gasteiger partial charge in [0.15, 0.2) is 12.0 Å². The predicted octanol–water partition coefficient (Wildman–Crippen LogP) is 8.26. The van der Waals surface area contributed by atoms with E-state index in [-0.39, 0.29) is 11.5 Å². The quantitative estimate of drug-likeness (QED) is 0.233. The van der Waals surface area contributed by atoms with E-state index in [0.717, 1.165) is 11.1 Å². The van der Waals surface area contributed by atoms with E-state index in [9.17, 15) is 9.18 Å². The smallest absolute Gasteiger partial charge is 0.411 e. The Hall–Kier alpha value is -4.33. The summed E-state index contributed by atoms with van der Waals surface area (Å²) in [6, 6.07) is 21.8. The Morgan fingerprint density at radius 3 is 2.07 bits per heavy atom. The summed E-state index contributed by atoms with van der Waals surface area (Å²) in [5.74, 6) is 0.119. The molecule has 0 aliphatic carbocycles. The number of ether oxygens (including phenoxy) is 1. The van der Waals surface area contributed by atoms with Crippen molar-refractivity contribution in [3.8, 4) is 5.69 Å². The molecule has 216 valence electrons. The number of hydrogen-bond acceptors (Lipinski definition) is 4. The summed E-state index contributed by atoms with van der Waals surface area (Å²) in [5.41, 5.74) is 4.00. The van der Waals surface area contributed by atoms with E-state index in [1.54, 1.807) is 51.4 Å². The van der Waals surface area contributed by atoms with Crippen LogP contribution in [-0.2, 0) is 4.74 Å². The van der Waals surface area contributed by atoms with Crippen molar-refractivity contribution in [2.24, 2.45) is 4.99 Å². The average molecular weight is 569 g/mol. The highest BCUT2D eigenvalue weighted by Gasteiger charge is 2.52. The first kappa shape index (κ1) is 27.8. The minimum absolute atomic E-state index is 0.265. The number of carbonyl (C=O) groups excluding carboxylic acids is 1. The predicted molar refractivity (Wildman–Crippen MR) is 159 cm³/mol. The second kappa shape index (κ2) is 10.5. The lowest BCUT2D eigenvalue weighted by Gasteiger charge is -2.37. The lowest BCUT2D eigenvalue weighted by Crippen LogP contribution is -2.45. The largest absolute Gasteiger partial charge is 0.444 e. The fraction of sp³-hybridized carbons (Fsp3) is 0.324. The molecule has 42 heavy (non-hydrogen) atoms. The molecule has 1 saturated heterocycles. The van der Waals surface area contributed by atoms with Gasteiger partial charge in [-0.05, 0) is 70.7 Å². The van der Waals surface area contributed by atoms with Crippen LogP contribution in [0.2, 0.25) is 0 Å². The van der Waals surface area contributed by atoms with Crippen molar-refractivity contribution >= 4 is 17.6 Å². The number of alkyl halides is 1. The van der Waals surface area contributed by atoms with Crippen LogP contribution in [0, 0.1) is 19.7 Å². The molecule has 1 fully saturated rings. The molecule has 3 atom stereocenters. The number of aromatic nitrogens is 2.